The Labute approximate surface area is 323 Å². The Morgan fingerprint density at radius 1 is 0.375 bits per heavy atom. The van der Waals surface area contributed by atoms with Crippen LogP contribution in [0, 0.1) is 22.7 Å². The van der Waals surface area contributed by atoms with E-state index in [0.29, 0.717) is 11.1 Å². The van der Waals surface area contributed by atoms with Crippen molar-refractivity contribution < 1.29 is 18.9 Å². The van der Waals surface area contributed by atoms with Gasteiger partial charge < -0.3 is 28.1 Å². The standard InChI is InChI=1S/C48H34N4O4/c1-53-33-11-17-45-39(23-33)40-24-34(54-2)12-18-46(40)51(45)43-15-5-29(27-49)21-37(43)31-7-9-32(10-8-31)38-22-30(28-50)6-16-44(38)52-47-19-13-35(55-3)25-41(47)42-26-36(56-4)14-20-48(42)52/h5-26H,1-4H3. The van der Waals surface area contributed by atoms with Gasteiger partial charge in [-0.25, -0.2) is 0 Å². The van der Waals surface area contributed by atoms with Gasteiger partial charge in [0, 0.05) is 32.7 Å². The summed E-state index contributed by atoms with van der Waals surface area (Å²) in [7, 11) is 6.67. The maximum Gasteiger partial charge on any atom is 0.119 e. The number of hydrogen-bond acceptors (Lipinski definition) is 6. The topological polar surface area (TPSA) is 94.4 Å². The van der Waals surface area contributed by atoms with E-state index in [4.69, 9.17) is 18.9 Å². The molecule has 0 radical (unpaired) electrons. The fourth-order valence-electron chi connectivity index (χ4n) is 7.88. The summed E-state index contributed by atoms with van der Waals surface area (Å²) in [6, 6.07) is 48.9. The molecular formula is C48H34N4O4. The Bertz CT molecular complexity index is 2770. The van der Waals surface area contributed by atoms with Crippen molar-refractivity contribution in [1.82, 2.24) is 9.13 Å². The second kappa shape index (κ2) is 13.6. The van der Waals surface area contributed by atoms with Crippen LogP contribution in [0.3, 0.4) is 0 Å². The van der Waals surface area contributed by atoms with Crippen molar-refractivity contribution in [1.29, 1.82) is 10.5 Å². The Balaban J connectivity index is 1.23. The van der Waals surface area contributed by atoms with Gasteiger partial charge in [0.15, 0.2) is 0 Å². The van der Waals surface area contributed by atoms with E-state index < -0.39 is 0 Å². The van der Waals surface area contributed by atoms with Gasteiger partial charge >= 0.3 is 0 Å². The maximum absolute atomic E-state index is 10.0. The summed E-state index contributed by atoms with van der Waals surface area (Å²) in [4.78, 5) is 0. The van der Waals surface area contributed by atoms with Gasteiger partial charge in [0.25, 0.3) is 0 Å². The van der Waals surface area contributed by atoms with Crippen LogP contribution >= 0.6 is 0 Å². The van der Waals surface area contributed by atoms with Gasteiger partial charge in [-0.1, -0.05) is 24.3 Å². The van der Waals surface area contributed by atoms with E-state index in [0.717, 1.165) is 100 Å². The third-order valence-electron chi connectivity index (χ3n) is 10.6. The van der Waals surface area contributed by atoms with Crippen molar-refractivity contribution in [2.75, 3.05) is 28.4 Å². The quantitative estimate of drug-likeness (QED) is 0.154. The van der Waals surface area contributed by atoms with Gasteiger partial charge in [-0.3, -0.25) is 0 Å². The Morgan fingerprint density at radius 3 is 0.946 bits per heavy atom. The van der Waals surface area contributed by atoms with E-state index in [1.54, 1.807) is 28.4 Å². The minimum atomic E-state index is 0.556. The lowest BCUT2D eigenvalue weighted by atomic mass is 9.96. The van der Waals surface area contributed by atoms with Crippen molar-refractivity contribution >= 4 is 43.6 Å². The molecule has 0 fully saturated rings. The molecule has 0 atom stereocenters. The van der Waals surface area contributed by atoms with Crippen LogP contribution in [0.25, 0.3) is 77.2 Å². The van der Waals surface area contributed by atoms with Crippen LogP contribution in [-0.2, 0) is 0 Å². The van der Waals surface area contributed by atoms with E-state index in [1.165, 1.54) is 0 Å². The smallest absolute Gasteiger partial charge is 0.119 e. The zero-order valence-electron chi connectivity index (χ0n) is 31.1. The number of rotatable bonds is 8. The minimum Gasteiger partial charge on any atom is -0.497 e. The first-order chi connectivity index (χ1) is 27.5. The predicted molar refractivity (Wildman–Crippen MR) is 222 cm³/mol. The van der Waals surface area contributed by atoms with Gasteiger partial charge in [0.1, 0.15) is 23.0 Å². The number of fused-ring (bicyclic) bond motifs is 6. The van der Waals surface area contributed by atoms with E-state index >= 15 is 0 Å². The highest BCUT2D eigenvalue weighted by Gasteiger charge is 2.20. The molecular weight excluding hydrogens is 697 g/mol. The minimum absolute atomic E-state index is 0.556. The van der Waals surface area contributed by atoms with Crippen LogP contribution < -0.4 is 18.9 Å². The first-order valence-corrected chi connectivity index (χ1v) is 18.0. The third-order valence-corrected chi connectivity index (χ3v) is 10.6. The summed E-state index contributed by atoms with van der Waals surface area (Å²) < 4.78 is 26.9. The number of aromatic nitrogens is 2. The zero-order valence-corrected chi connectivity index (χ0v) is 31.1. The second-order valence-electron chi connectivity index (χ2n) is 13.5. The van der Waals surface area contributed by atoms with Crippen molar-refractivity contribution in [3.05, 3.63) is 145 Å². The van der Waals surface area contributed by atoms with Gasteiger partial charge in [-0.2, -0.15) is 10.5 Å². The molecule has 0 saturated heterocycles. The lowest BCUT2D eigenvalue weighted by Gasteiger charge is -2.17. The number of nitriles is 2. The van der Waals surface area contributed by atoms with E-state index in [9.17, 15) is 10.5 Å². The molecule has 0 bridgehead atoms. The van der Waals surface area contributed by atoms with E-state index in [-0.39, 0.29) is 0 Å². The lowest BCUT2D eigenvalue weighted by molar-refractivity contribution is 0.415. The van der Waals surface area contributed by atoms with Crippen molar-refractivity contribution in [2.45, 2.75) is 0 Å². The predicted octanol–water partition coefficient (Wildman–Crippen LogP) is 11.0. The van der Waals surface area contributed by atoms with Crippen LogP contribution in [0.1, 0.15) is 11.1 Å². The summed E-state index contributed by atoms with van der Waals surface area (Å²) in [5.41, 5.74) is 10.6. The number of nitrogens with zero attached hydrogens (tertiary/aromatic N) is 4. The zero-order chi connectivity index (χ0) is 38.5. The largest absolute Gasteiger partial charge is 0.497 e. The summed E-state index contributed by atoms with van der Waals surface area (Å²) in [5.74, 6) is 3.04. The molecule has 8 nitrogen and oxygen atoms in total. The Hall–Kier alpha value is -7.68. The summed E-state index contributed by atoms with van der Waals surface area (Å²) >= 11 is 0. The molecule has 0 amide bonds. The molecule has 0 aliphatic rings. The molecule has 9 aromatic rings. The van der Waals surface area contributed by atoms with Crippen LogP contribution in [0.15, 0.2) is 133 Å². The fourth-order valence-corrected chi connectivity index (χ4v) is 7.88. The average molecular weight is 731 g/mol. The summed E-state index contributed by atoms with van der Waals surface area (Å²) in [6.07, 6.45) is 0. The highest BCUT2D eigenvalue weighted by molar-refractivity contribution is 6.12. The first-order valence-electron chi connectivity index (χ1n) is 18.0. The van der Waals surface area contributed by atoms with Crippen molar-refractivity contribution in [2.24, 2.45) is 0 Å². The second-order valence-corrected chi connectivity index (χ2v) is 13.5. The lowest BCUT2D eigenvalue weighted by Crippen LogP contribution is -1.99. The molecule has 0 unspecified atom stereocenters. The highest BCUT2D eigenvalue weighted by Crippen LogP contribution is 2.42. The van der Waals surface area contributed by atoms with Crippen LogP contribution in [0.5, 0.6) is 23.0 Å². The average Bonchev–Trinajstić information content (AvgIpc) is 3.76. The molecule has 2 heterocycles. The van der Waals surface area contributed by atoms with Gasteiger partial charge in [0.2, 0.25) is 0 Å². The van der Waals surface area contributed by atoms with Gasteiger partial charge in [0.05, 0.1) is 85.1 Å². The monoisotopic (exact) mass is 730 g/mol. The Kier molecular flexibility index (Phi) is 8.30. The molecule has 0 saturated carbocycles. The number of benzene rings is 7. The van der Waals surface area contributed by atoms with E-state index in [1.807, 2.05) is 84.9 Å². The molecule has 0 aliphatic heterocycles. The SMILES string of the molecule is COc1ccc2c(c1)c1cc(OC)ccc1n2-c1ccc(C#N)cc1-c1ccc(-c2cc(C#N)ccc2-n2c3ccc(OC)cc3c3cc(OC)ccc32)cc1. The number of ether oxygens (including phenoxy) is 4. The molecule has 7 aromatic carbocycles. The normalized spacial score (nSPS) is 11.2. The van der Waals surface area contributed by atoms with Crippen molar-refractivity contribution in [3.8, 4) is 68.8 Å². The maximum atomic E-state index is 10.0. The molecule has 270 valence electrons. The molecule has 56 heavy (non-hydrogen) atoms. The first kappa shape index (κ1) is 34.1. The molecule has 0 spiro atoms. The Morgan fingerprint density at radius 2 is 0.679 bits per heavy atom. The number of methoxy groups -OCH3 is 4. The van der Waals surface area contributed by atoms with Crippen LogP contribution in [0.4, 0.5) is 0 Å². The molecule has 2 aromatic heterocycles. The van der Waals surface area contributed by atoms with Crippen LogP contribution in [-0.4, -0.2) is 37.6 Å². The van der Waals surface area contributed by atoms with Crippen LogP contribution in [0.2, 0.25) is 0 Å². The fraction of sp³-hybridized carbons (Fsp3) is 0.0833. The van der Waals surface area contributed by atoms with Gasteiger partial charge in [-0.15, -0.1) is 0 Å². The van der Waals surface area contributed by atoms with Crippen molar-refractivity contribution in [3.63, 3.8) is 0 Å². The molecule has 9 rings (SSSR count). The summed E-state index contributed by atoms with van der Waals surface area (Å²) in [6.45, 7) is 0. The molecule has 0 aliphatic carbocycles. The third kappa shape index (κ3) is 5.43. The summed E-state index contributed by atoms with van der Waals surface area (Å²) in [5, 5.41) is 24.2. The molecule has 0 N–H and O–H groups in total. The number of hydrogen-bond donors (Lipinski definition) is 0. The highest BCUT2D eigenvalue weighted by atomic mass is 16.5. The molecule has 8 heteroatoms. The van der Waals surface area contributed by atoms with E-state index in [2.05, 4.69) is 69.8 Å². The van der Waals surface area contributed by atoms with Gasteiger partial charge in [-0.05, 0) is 120 Å².